The minimum atomic E-state index is -4.24. The zero-order valence-corrected chi connectivity index (χ0v) is 13.9. The fourth-order valence-corrected chi connectivity index (χ4v) is 4.36. The molecule has 2 aromatic heterocycles. The van der Waals surface area contributed by atoms with Crippen molar-refractivity contribution in [3.8, 4) is 0 Å². The Balaban J connectivity index is 1.96. The van der Waals surface area contributed by atoms with E-state index in [9.17, 15) is 13.0 Å². The molecule has 0 bridgehead atoms. The molecule has 4 rings (SSSR count). The molecule has 0 atom stereocenters. The van der Waals surface area contributed by atoms with Crippen LogP contribution in [0.2, 0.25) is 0 Å². The van der Waals surface area contributed by atoms with E-state index in [0.29, 0.717) is 0 Å². The second kappa shape index (κ2) is 5.02. The lowest BCUT2D eigenvalue weighted by Gasteiger charge is -2.03. The van der Waals surface area contributed by atoms with Crippen molar-refractivity contribution >= 4 is 53.6 Å². The van der Waals surface area contributed by atoms with Gasteiger partial charge in [0.1, 0.15) is 26.0 Å². The molecule has 0 saturated heterocycles. The highest BCUT2D eigenvalue weighted by Crippen LogP contribution is 2.33. The van der Waals surface area contributed by atoms with Gasteiger partial charge in [0.2, 0.25) is 10.5 Å². The molecule has 0 radical (unpaired) electrons. The van der Waals surface area contributed by atoms with Gasteiger partial charge in [0.15, 0.2) is 6.54 Å². The van der Waals surface area contributed by atoms with Crippen LogP contribution >= 0.6 is 11.3 Å². The van der Waals surface area contributed by atoms with Gasteiger partial charge in [-0.2, -0.15) is 4.57 Å². The van der Waals surface area contributed by atoms with Crippen molar-refractivity contribution in [1.29, 1.82) is 0 Å². The number of rotatable bonds is 3. The molecule has 0 aliphatic heterocycles. The number of hydrogen-bond acceptors (Lipinski definition) is 5. The Hall–Kier alpha value is -1.96. The Morgan fingerprint density at radius 2 is 1.96 bits per heavy atom. The first kappa shape index (κ1) is 14.6. The summed E-state index contributed by atoms with van der Waals surface area (Å²) >= 11 is 1.56. The van der Waals surface area contributed by atoms with E-state index in [0.717, 1.165) is 37.2 Å². The maximum Gasteiger partial charge on any atom is 0.235 e. The van der Waals surface area contributed by atoms with Crippen molar-refractivity contribution in [1.82, 2.24) is 0 Å². The van der Waals surface area contributed by atoms with Gasteiger partial charge in [-0.15, -0.1) is 0 Å². The summed E-state index contributed by atoms with van der Waals surface area (Å²) in [5.41, 5.74) is 2.56. The molecule has 0 saturated carbocycles. The molecule has 0 amide bonds. The molecule has 4 aromatic rings. The van der Waals surface area contributed by atoms with Crippen LogP contribution in [-0.2, 0) is 16.7 Å². The molecule has 0 aliphatic carbocycles. The average molecular weight is 347 g/mol. The van der Waals surface area contributed by atoms with Crippen LogP contribution in [0.1, 0.15) is 5.01 Å². The quantitative estimate of drug-likeness (QED) is 0.422. The minimum absolute atomic E-state index is 0.166. The molecule has 2 aromatic carbocycles. The molecule has 0 spiro atoms. The standard InChI is InChI=1S/C16H13NO4S2/c1-10-17(6-7-23(18,19)20)13-8-12-11-4-2-3-5-14(11)21-15(12)9-16(13)22-10/h2-5,8-9H,6-7H2,1H3. The van der Waals surface area contributed by atoms with E-state index in [1.54, 1.807) is 11.3 Å². The Morgan fingerprint density at radius 3 is 2.74 bits per heavy atom. The Labute approximate surface area is 136 Å². The van der Waals surface area contributed by atoms with Gasteiger partial charge in [-0.05, 0) is 6.07 Å². The SMILES string of the molecule is Cc1sc2cc3oc4ccccc4c3cc2[n+]1CCS(=O)(=O)[O-]. The van der Waals surface area contributed by atoms with Crippen molar-refractivity contribution in [3.05, 3.63) is 41.4 Å². The monoisotopic (exact) mass is 347 g/mol. The summed E-state index contributed by atoms with van der Waals surface area (Å²) in [6.07, 6.45) is 0. The smallest absolute Gasteiger partial charge is 0.235 e. The summed E-state index contributed by atoms with van der Waals surface area (Å²) in [5, 5.41) is 2.97. The van der Waals surface area contributed by atoms with E-state index < -0.39 is 15.9 Å². The molecule has 0 fully saturated rings. The van der Waals surface area contributed by atoms with Crippen LogP contribution < -0.4 is 4.57 Å². The van der Waals surface area contributed by atoms with E-state index in [4.69, 9.17) is 4.42 Å². The number of aryl methyl sites for hydroxylation is 2. The summed E-state index contributed by atoms with van der Waals surface area (Å²) in [6.45, 7) is 2.08. The molecule has 118 valence electrons. The van der Waals surface area contributed by atoms with Gasteiger partial charge >= 0.3 is 0 Å². The minimum Gasteiger partial charge on any atom is -0.748 e. The molecule has 2 heterocycles. The predicted octanol–water partition coefficient (Wildman–Crippen LogP) is 2.94. The van der Waals surface area contributed by atoms with Crippen molar-refractivity contribution in [2.24, 2.45) is 0 Å². The Kier molecular flexibility index (Phi) is 3.19. The van der Waals surface area contributed by atoms with Crippen molar-refractivity contribution < 1.29 is 22.0 Å². The highest BCUT2D eigenvalue weighted by Gasteiger charge is 2.20. The van der Waals surface area contributed by atoms with Crippen LogP contribution in [0.25, 0.3) is 32.2 Å². The second-order valence-corrected chi connectivity index (χ2v) is 8.21. The third-order valence-corrected chi connectivity index (χ3v) is 5.70. The van der Waals surface area contributed by atoms with Crippen LogP contribution in [0.4, 0.5) is 0 Å². The van der Waals surface area contributed by atoms with Crippen LogP contribution in [0.5, 0.6) is 0 Å². The van der Waals surface area contributed by atoms with Crippen molar-refractivity contribution in [2.75, 3.05) is 5.75 Å². The van der Waals surface area contributed by atoms with Gasteiger partial charge in [-0.25, -0.2) is 8.42 Å². The van der Waals surface area contributed by atoms with Gasteiger partial charge in [0.05, 0.1) is 5.75 Å². The first-order valence-electron chi connectivity index (χ1n) is 7.10. The molecular weight excluding hydrogens is 334 g/mol. The van der Waals surface area contributed by atoms with Gasteiger partial charge in [-0.3, -0.25) is 0 Å². The predicted molar refractivity (Wildman–Crippen MR) is 88.6 cm³/mol. The first-order chi connectivity index (χ1) is 10.9. The topological polar surface area (TPSA) is 74.2 Å². The van der Waals surface area contributed by atoms with Crippen molar-refractivity contribution in [2.45, 2.75) is 13.5 Å². The van der Waals surface area contributed by atoms with E-state index in [1.807, 2.05) is 47.9 Å². The molecule has 23 heavy (non-hydrogen) atoms. The molecule has 7 heteroatoms. The maximum atomic E-state index is 10.9. The summed E-state index contributed by atoms with van der Waals surface area (Å²) in [7, 11) is -4.24. The maximum absolute atomic E-state index is 10.9. The Bertz CT molecular complexity index is 1160. The van der Waals surface area contributed by atoms with Crippen molar-refractivity contribution in [3.63, 3.8) is 0 Å². The number of para-hydroxylation sites is 1. The number of aromatic nitrogens is 1. The van der Waals surface area contributed by atoms with E-state index in [-0.39, 0.29) is 6.54 Å². The van der Waals surface area contributed by atoms with E-state index in [2.05, 4.69) is 0 Å². The third kappa shape index (κ3) is 2.50. The highest BCUT2D eigenvalue weighted by atomic mass is 32.2. The lowest BCUT2D eigenvalue weighted by molar-refractivity contribution is -0.668. The second-order valence-electron chi connectivity index (χ2n) is 5.45. The van der Waals surface area contributed by atoms with E-state index >= 15 is 0 Å². The number of hydrogen-bond donors (Lipinski definition) is 0. The molecule has 0 N–H and O–H groups in total. The zero-order chi connectivity index (χ0) is 16.2. The summed E-state index contributed by atoms with van der Waals surface area (Å²) in [5.74, 6) is -0.408. The number of nitrogens with zero attached hydrogens (tertiary/aromatic N) is 1. The largest absolute Gasteiger partial charge is 0.748 e. The molecule has 0 aliphatic rings. The molecule has 0 unspecified atom stereocenters. The van der Waals surface area contributed by atoms with Gasteiger partial charge in [0.25, 0.3) is 0 Å². The summed E-state index contributed by atoms with van der Waals surface area (Å²) in [6, 6.07) is 11.8. The highest BCUT2D eigenvalue weighted by molar-refractivity contribution is 7.85. The average Bonchev–Trinajstić information content (AvgIpc) is 2.98. The fraction of sp³-hybridized carbons (Fsp3) is 0.188. The van der Waals surface area contributed by atoms with Gasteiger partial charge in [-0.1, -0.05) is 29.5 Å². The van der Waals surface area contributed by atoms with Crippen LogP contribution in [0, 0.1) is 6.92 Å². The van der Waals surface area contributed by atoms with Crippen LogP contribution in [0.15, 0.2) is 40.8 Å². The number of fused-ring (bicyclic) bond motifs is 4. The zero-order valence-electron chi connectivity index (χ0n) is 12.3. The Morgan fingerprint density at radius 1 is 1.17 bits per heavy atom. The molecule has 5 nitrogen and oxygen atoms in total. The fourth-order valence-electron chi connectivity index (χ4n) is 2.90. The normalized spacial score (nSPS) is 12.6. The van der Waals surface area contributed by atoms with E-state index in [1.165, 1.54) is 0 Å². The number of benzene rings is 2. The number of furan rings is 1. The number of thiazole rings is 1. The van der Waals surface area contributed by atoms with Gasteiger partial charge in [0, 0.05) is 29.8 Å². The lowest BCUT2D eigenvalue weighted by atomic mass is 10.1. The van der Waals surface area contributed by atoms with Crippen LogP contribution in [0.3, 0.4) is 0 Å². The summed E-state index contributed by atoms with van der Waals surface area (Å²) in [4.78, 5) is 0. The lowest BCUT2D eigenvalue weighted by Crippen LogP contribution is -2.38. The first-order valence-corrected chi connectivity index (χ1v) is 9.49. The van der Waals surface area contributed by atoms with Crippen LogP contribution in [-0.4, -0.2) is 18.7 Å². The third-order valence-electron chi connectivity index (χ3n) is 3.95. The molecular formula is C16H13NO4S2. The van der Waals surface area contributed by atoms with Gasteiger partial charge < -0.3 is 8.97 Å². The summed E-state index contributed by atoms with van der Waals surface area (Å²) < 4.78 is 41.6.